The minimum absolute atomic E-state index is 0.403. The van der Waals surface area contributed by atoms with E-state index in [-0.39, 0.29) is 0 Å². The molecule has 1 saturated heterocycles. The fourth-order valence-electron chi connectivity index (χ4n) is 0.988. The first-order valence-electron chi connectivity index (χ1n) is 4.36. The maximum absolute atomic E-state index is 11.2. The summed E-state index contributed by atoms with van der Waals surface area (Å²) in [5.74, 6) is -1.44. The molecular formula is C7H14N2O3SSi. The first-order valence-corrected chi connectivity index (χ1v) is 9.17. The minimum atomic E-state index is -1.65. The summed E-state index contributed by atoms with van der Waals surface area (Å²) in [5, 5.41) is 0. The van der Waals surface area contributed by atoms with Crippen molar-refractivity contribution in [1.82, 2.24) is 9.03 Å². The topological polar surface area (TPSA) is 66.5 Å². The van der Waals surface area contributed by atoms with E-state index in [9.17, 15) is 13.8 Å². The van der Waals surface area contributed by atoms with Crippen molar-refractivity contribution in [3.63, 3.8) is 0 Å². The van der Waals surface area contributed by atoms with E-state index in [1.165, 1.54) is 0 Å². The van der Waals surface area contributed by atoms with Gasteiger partial charge in [0.15, 0.2) is 0 Å². The van der Waals surface area contributed by atoms with Crippen molar-refractivity contribution < 1.29 is 13.8 Å². The number of amides is 2. The zero-order valence-corrected chi connectivity index (χ0v) is 10.3. The molecule has 80 valence electrons. The highest BCUT2D eigenvalue weighted by Crippen LogP contribution is 2.12. The predicted molar refractivity (Wildman–Crippen MR) is 56.2 cm³/mol. The van der Waals surface area contributed by atoms with Gasteiger partial charge in [-0.1, -0.05) is 19.6 Å². The lowest BCUT2D eigenvalue weighted by Gasteiger charge is -2.18. The van der Waals surface area contributed by atoms with Gasteiger partial charge in [-0.3, -0.25) is 9.59 Å². The Morgan fingerprint density at radius 2 is 1.93 bits per heavy atom. The molecule has 0 saturated carbocycles. The largest absolute Gasteiger partial charge is 0.325 e. The van der Waals surface area contributed by atoms with Crippen molar-refractivity contribution in [2.24, 2.45) is 0 Å². The molecule has 7 heteroatoms. The molecule has 1 N–H and O–H groups in total. The van der Waals surface area contributed by atoms with Gasteiger partial charge in [-0.25, -0.2) is 13.2 Å². The van der Waals surface area contributed by atoms with Crippen molar-refractivity contribution in [3.05, 3.63) is 0 Å². The van der Waals surface area contributed by atoms with Crippen LogP contribution in [0, 0.1) is 0 Å². The summed E-state index contributed by atoms with van der Waals surface area (Å²) in [4.78, 5) is 22.0. The van der Waals surface area contributed by atoms with E-state index >= 15 is 0 Å². The molecule has 14 heavy (non-hydrogen) atoms. The molecule has 5 nitrogen and oxygen atoms in total. The average Bonchev–Trinajstić information content (AvgIpc) is 2.23. The lowest BCUT2D eigenvalue weighted by molar-refractivity contribution is -0.139. The molecule has 0 spiro atoms. The Labute approximate surface area is 86.6 Å². The fourth-order valence-corrected chi connectivity index (χ4v) is 2.89. The van der Waals surface area contributed by atoms with Crippen LogP contribution < -0.4 is 4.72 Å². The predicted octanol–water partition coefficient (Wildman–Crippen LogP) is -0.138. The Balaban J connectivity index is 2.57. The molecule has 1 rings (SSSR count). The normalized spacial score (nSPS) is 22.8. The van der Waals surface area contributed by atoms with Crippen LogP contribution in [-0.2, 0) is 20.8 Å². The molecule has 1 atom stereocenters. The van der Waals surface area contributed by atoms with Gasteiger partial charge in [0.25, 0.3) is 0 Å². The molecule has 0 aromatic carbocycles. The van der Waals surface area contributed by atoms with Gasteiger partial charge in [-0.2, -0.15) is 0 Å². The summed E-state index contributed by atoms with van der Waals surface area (Å²) in [6.45, 7) is 6.88. The van der Waals surface area contributed by atoms with Gasteiger partial charge in [0.2, 0.25) is 11.2 Å². The average molecular weight is 234 g/mol. The van der Waals surface area contributed by atoms with Crippen LogP contribution in [-0.4, -0.2) is 34.9 Å². The van der Waals surface area contributed by atoms with E-state index in [2.05, 4.69) is 24.4 Å². The summed E-state index contributed by atoms with van der Waals surface area (Å²) in [6, 6.07) is 0.847. The maximum Gasteiger partial charge on any atom is 0.325 e. The number of nitrogens with one attached hydrogen (secondary N) is 1. The van der Waals surface area contributed by atoms with Crippen LogP contribution in [0.1, 0.15) is 0 Å². The molecular weight excluding hydrogens is 220 g/mol. The molecule has 0 aliphatic carbocycles. The highest BCUT2D eigenvalue weighted by Gasteiger charge is 2.36. The van der Waals surface area contributed by atoms with Crippen LogP contribution in [0.15, 0.2) is 0 Å². The molecule has 0 aromatic rings. The SMILES string of the molecule is C[Si](C)(C)CCN1C(=O)C(=O)NS1=O. The number of carbonyl (C=O) groups excluding carboxylic acids is 2. The van der Waals surface area contributed by atoms with Gasteiger partial charge in [-0.15, -0.1) is 0 Å². The zero-order valence-electron chi connectivity index (χ0n) is 8.49. The number of hydrogen-bond donors (Lipinski definition) is 1. The second-order valence-corrected chi connectivity index (χ2v) is 11.2. The van der Waals surface area contributed by atoms with Gasteiger partial charge in [-0.05, 0) is 6.04 Å². The van der Waals surface area contributed by atoms with Crippen molar-refractivity contribution in [1.29, 1.82) is 0 Å². The Morgan fingerprint density at radius 1 is 1.36 bits per heavy atom. The molecule has 0 aromatic heterocycles. The zero-order chi connectivity index (χ0) is 10.9. The van der Waals surface area contributed by atoms with Gasteiger partial charge in [0, 0.05) is 14.6 Å². The molecule has 1 heterocycles. The van der Waals surface area contributed by atoms with Gasteiger partial charge < -0.3 is 0 Å². The van der Waals surface area contributed by atoms with E-state index in [4.69, 9.17) is 0 Å². The number of hydrogen-bond acceptors (Lipinski definition) is 3. The van der Waals surface area contributed by atoms with E-state index in [0.29, 0.717) is 6.54 Å². The van der Waals surface area contributed by atoms with Crippen LogP contribution in [0.4, 0.5) is 0 Å². The van der Waals surface area contributed by atoms with Crippen molar-refractivity contribution in [2.75, 3.05) is 6.54 Å². The smallest absolute Gasteiger partial charge is 0.263 e. The fraction of sp³-hybridized carbons (Fsp3) is 0.714. The van der Waals surface area contributed by atoms with Crippen LogP contribution in [0.25, 0.3) is 0 Å². The van der Waals surface area contributed by atoms with Crippen LogP contribution >= 0.6 is 0 Å². The molecule has 0 bridgehead atoms. The van der Waals surface area contributed by atoms with Crippen LogP contribution in [0.2, 0.25) is 25.7 Å². The lowest BCUT2D eigenvalue weighted by atomic mass is 10.5. The van der Waals surface area contributed by atoms with Crippen molar-refractivity contribution in [3.8, 4) is 0 Å². The van der Waals surface area contributed by atoms with E-state index < -0.39 is 31.1 Å². The maximum atomic E-state index is 11.2. The highest BCUT2D eigenvalue weighted by molar-refractivity contribution is 7.83. The highest BCUT2D eigenvalue weighted by atomic mass is 32.2. The monoisotopic (exact) mass is 234 g/mol. The van der Waals surface area contributed by atoms with E-state index in [0.717, 1.165) is 10.3 Å². The van der Waals surface area contributed by atoms with Crippen LogP contribution in [0.3, 0.4) is 0 Å². The first-order chi connectivity index (χ1) is 6.31. The Hall–Kier alpha value is -0.693. The van der Waals surface area contributed by atoms with E-state index in [1.54, 1.807) is 0 Å². The van der Waals surface area contributed by atoms with Gasteiger partial charge in [0.1, 0.15) is 0 Å². The minimum Gasteiger partial charge on any atom is -0.263 e. The Kier molecular flexibility index (Phi) is 3.10. The molecule has 0 radical (unpaired) electrons. The van der Waals surface area contributed by atoms with Gasteiger partial charge in [0.05, 0.1) is 0 Å². The summed E-state index contributed by atoms with van der Waals surface area (Å²) in [5.41, 5.74) is 0. The number of nitrogens with zero attached hydrogens (tertiary/aromatic N) is 1. The molecule has 1 unspecified atom stereocenters. The second-order valence-electron chi connectivity index (χ2n) is 4.40. The van der Waals surface area contributed by atoms with E-state index in [1.807, 2.05) is 0 Å². The third kappa shape index (κ3) is 2.65. The molecule has 2 amide bonds. The molecule has 1 aliphatic rings. The van der Waals surface area contributed by atoms with Crippen molar-refractivity contribution in [2.45, 2.75) is 25.7 Å². The van der Waals surface area contributed by atoms with Crippen molar-refractivity contribution >= 4 is 31.1 Å². The van der Waals surface area contributed by atoms with Crippen LogP contribution in [0.5, 0.6) is 0 Å². The third-order valence-corrected chi connectivity index (χ3v) is 4.70. The number of carbonyl (C=O) groups is 2. The second kappa shape index (κ2) is 3.82. The molecule has 1 fully saturated rings. The summed E-state index contributed by atoms with van der Waals surface area (Å²) in [6.07, 6.45) is 0. The molecule has 1 aliphatic heterocycles. The Morgan fingerprint density at radius 3 is 2.29 bits per heavy atom. The van der Waals surface area contributed by atoms with Gasteiger partial charge >= 0.3 is 11.8 Å². The first kappa shape index (κ1) is 11.4. The summed E-state index contributed by atoms with van der Waals surface area (Å²) < 4.78 is 14.4. The summed E-state index contributed by atoms with van der Waals surface area (Å²) >= 11 is -1.65. The standard InChI is InChI=1S/C7H14N2O3SSi/c1-14(2,3)5-4-9-7(11)6(10)8-13(9)12/h4-5H2,1-3H3,(H,8,10). The third-order valence-electron chi connectivity index (χ3n) is 1.87. The Bertz CT molecular complexity index is 300. The number of rotatable bonds is 3. The lowest BCUT2D eigenvalue weighted by Crippen LogP contribution is -2.33. The summed E-state index contributed by atoms with van der Waals surface area (Å²) in [7, 11) is -1.27. The quantitative estimate of drug-likeness (QED) is 0.546.